The highest BCUT2D eigenvalue weighted by Crippen LogP contribution is 2.11. The van der Waals surface area contributed by atoms with Crippen molar-refractivity contribution in [1.29, 1.82) is 0 Å². The molecule has 0 spiro atoms. The Hall–Kier alpha value is -1.47. The summed E-state index contributed by atoms with van der Waals surface area (Å²) in [6.45, 7) is 0. The molecule has 4 heteroatoms. The van der Waals surface area contributed by atoms with Crippen LogP contribution in [0.2, 0.25) is 0 Å². The van der Waals surface area contributed by atoms with Gasteiger partial charge in [-0.05, 0) is 12.1 Å². The summed E-state index contributed by atoms with van der Waals surface area (Å²) >= 11 is 0. The van der Waals surface area contributed by atoms with Crippen molar-refractivity contribution in [2.45, 2.75) is 0 Å². The van der Waals surface area contributed by atoms with Gasteiger partial charge in [0.1, 0.15) is 11.5 Å². The number of benzene rings is 1. The summed E-state index contributed by atoms with van der Waals surface area (Å²) < 4.78 is 26.7. The third-order valence-corrected chi connectivity index (χ3v) is 2.19. The predicted molar refractivity (Wildman–Crippen MR) is 49.7 cm³/mol. The van der Waals surface area contributed by atoms with E-state index in [0.717, 1.165) is 0 Å². The first kappa shape index (κ1) is 9.62. The zero-order valence-electron chi connectivity index (χ0n) is 6.80. The maximum Gasteiger partial charge on any atom is 0.320 e. The van der Waals surface area contributed by atoms with Gasteiger partial charge in [0.2, 0.25) is 0 Å². The van der Waals surface area contributed by atoms with E-state index >= 15 is 0 Å². The third kappa shape index (κ3) is 3.18. The van der Waals surface area contributed by atoms with E-state index < -0.39 is 15.9 Å². The first-order chi connectivity index (χ1) is 6.14. The molecule has 68 valence electrons. The second-order valence-electron chi connectivity index (χ2n) is 2.30. The molecule has 0 aliphatic carbocycles. The predicted octanol–water partition coefficient (Wildman–Crippen LogP) is 1.03. The van der Waals surface area contributed by atoms with Crippen molar-refractivity contribution in [3.8, 4) is 18.1 Å². The van der Waals surface area contributed by atoms with Crippen molar-refractivity contribution in [2.24, 2.45) is 0 Å². The summed E-state index contributed by atoms with van der Waals surface area (Å²) in [4.78, 5) is 0. The number of hydrogen-bond acceptors (Lipinski definition) is 3. The Balaban J connectivity index is 2.77. The van der Waals surface area contributed by atoms with Gasteiger partial charge < -0.3 is 4.18 Å². The van der Waals surface area contributed by atoms with Crippen molar-refractivity contribution in [3.05, 3.63) is 30.3 Å². The van der Waals surface area contributed by atoms with Crippen LogP contribution in [0, 0.1) is 12.3 Å². The molecule has 0 aromatic heterocycles. The van der Waals surface area contributed by atoms with Gasteiger partial charge in [0.05, 0.1) is 0 Å². The van der Waals surface area contributed by atoms with Gasteiger partial charge in [-0.1, -0.05) is 24.1 Å². The second kappa shape index (κ2) is 3.97. The molecule has 0 bridgehead atoms. The molecule has 0 radical (unpaired) electrons. The molecular formula is C9H8O3S. The summed E-state index contributed by atoms with van der Waals surface area (Å²) in [5.41, 5.74) is 0. The third-order valence-electron chi connectivity index (χ3n) is 1.23. The summed E-state index contributed by atoms with van der Waals surface area (Å²) in [7, 11) is -3.62. The van der Waals surface area contributed by atoms with Crippen LogP contribution in [0.5, 0.6) is 5.75 Å². The number of terminal acetylenes is 1. The maximum absolute atomic E-state index is 11.0. The molecule has 13 heavy (non-hydrogen) atoms. The van der Waals surface area contributed by atoms with Crippen LogP contribution in [0.25, 0.3) is 0 Å². The van der Waals surface area contributed by atoms with Gasteiger partial charge >= 0.3 is 10.1 Å². The minimum Gasteiger partial charge on any atom is -0.382 e. The molecule has 0 fully saturated rings. The Kier molecular flexibility index (Phi) is 2.93. The molecule has 0 atom stereocenters. The normalized spacial score (nSPS) is 10.4. The van der Waals surface area contributed by atoms with E-state index in [1.807, 2.05) is 5.92 Å². The second-order valence-corrected chi connectivity index (χ2v) is 3.87. The average Bonchev–Trinajstić information content (AvgIpc) is 2.04. The first-order valence-corrected chi connectivity index (χ1v) is 5.12. The van der Waals surface area contributed by atoms with E-state index in [1.54, 1.807) is 30.3 Å². The van der Waals surface area contributed by atoms with Crippen molar-refractivity contribution in [2.75, 3.05) is 5.75 Å². The molecule has 0 amide bonds. The summed E-state index contributed by atoms with van der Waals surface area (Å²) in [6, 6.07) is 8.23. The van der Waals surface area contributed by atoms with E-state index in [0.29, 0.717) is 0 Å². The SMILES string of the molecule is C#CCS(=O)(=O)Oc1ccccc1. The molecule has 3 nitrogen and oxygen atoms in total. The number of hydrogen-bond donors (Lipinski definition) is 0. The van der Waals surface area contributed by atoms with E-state index in [4.69, 9.17) is 6.42 Å². The summed E-state index contributed by atoms with van der Waals surface area (Å²) in [6.07, 6.45) is 4.86. The highest BCUT2D eigenvalue weighted by molar-refractivity contribution is 7.87. The van der Waals surface area contributed by atoms with E-state index in [9.17, 15) is 8.42 Å². The van der Waals surface area contributed by atoms with Gasteiger partial charge in [0.15, 0.2) is 0 Å². The summed E-state index contributed by atoms with van der Waals surface area (Å²) in [5, 5.41) is 0. The molecule has 1 aromatic rings. The number of para-hydroxylation sites is 1. The monoisotopic (exact) mass is 196 g/mol. The molecule has 0 saturated carbocycles. The van der Waals surface area contributed by atoms with Crippen LogP contribution < -0.4 is 4.18 Å². The van der Waals surface area contributed by atoms with Crippen LogP contribution in [0.15, 0.2) is 30.3 Å². The van der Waals surface area contributed by atoms with Crippen molar-refractivity contribution in [1.82, 2.24) is 0 Å². The van der Waals surface area contributed by atoms with Crippen LogP contribution >= 0.6 is 0 Å². The van der Waals surface area contributed by atoms with Gasteiger partial charge in [-0.25, -0.2) is 0 Å². The highest BCUT2D eigenvalue weighted by Gasteiger charge is 2.09. The van der Waals surface area contributed by atoms with Crippen molar-refractivity contribution < 1.29 is 12.6 Å². The molecular weight excluding hydrogens is 188 g/mol. The van der Waals surface area contributed by atoms with Gasteiger partial charge in [-0.2, -0.15) is 8.42 Å². The Morgan fingerprint density at radius 3 is 2.46 bits per heavy atom. The van der Waals surface area contributed by atoms with Crippen LogP contribution in [0.3, 0.4) is 0 Å². The largest absolute Gasteiger partial charge is 0.382 e. The fraction of sp³-hybridized carbons (Fsp3) is 0.111. The molecule has 0 N–H and O–H groups in total. The minimum absolute atomic E-state index is 0.276. The standard InChI is InChI=1S/C9H8O3S/c1-2-8-13(10,11)12-9-6-4-3-5-7-9/h1,3-7H,8H2. The molecule has 1 rings (SSSR count). The Morgan fingerprint density at radius 1 is 1.31 bits per heavy atom. The highest BCUT2D eigenvalue weighted by atomic mass is 32.2. The van der Waals surface area contributed by atoms with Gasteiger partial charge in [-0.15, -0.1) is 6.42 Å². The zero-order chi connectivity index (χ0) is 9.73. The quantitative estimate of drug-likeness (QED) is 0.535. The van der Waals surface area contributed by atoms with Crippen LogP contribution in [-0.2, 0) is 10.1 Å². The lowest BCUT2D eigenvalue weighted by Crippen LogP contribution is -2.12. The Morgan fingerprint density at radius 2 is 1.92 bits per heavy atom. The van der Waals surface area contributed by atoms with Crippen LogP contribution in [-0.4, -0.2) is 14.2 Å². The van der Waals surface area contributed by atoms with Crippen LogP contribution in [0.1, 0.15) is 0 Å². The average molecular weight is 196 g/mol. The fourth-order valence-corrected chi connectivity index (χ4v) is 1.42. The number of rotatable bonds is 3. The molecule has 0 unspecified atom stereocenters. The molecule has 0 aliphatic rings. The lowest BCUT2D eigenvalue weighted by Gasteiger charge is -2.02. The Bertz CT molecular complexity index is 400. The first-order valence-electron chi connectivity index (χ1n) is 3.55. The zero-order valence-corrected chi connectivity index (χ0v) is 7.62. The molecule has 0 saturated heterocycles. The Labute approximate surface area is 77.5 Å². The van der Waals surface area contributed by atoms with Crippen molar-refractivity contribution in [3.63, 3.8) is 0 Å². The van der Waals surface area contributed by atoms with Gasteiger partial charge in [0, 0.05) is 0 Å². The lowest BCUT2D eigenvalue weighted by molar-refractivity contribution is 0.490. The molecule has 0 aliphatic heterocycles. The van der Waals surface area contributed by atoms with Gasteiger partial charge in [0.25, 0.3) is 0 Å². The van der Waals surface area contributed by atoms with Crippen molar-refractivity contribution >= 4 is 10.1 Å². The summed E-state index contributed by atoms with van der Waals surface area (Å²) in [5.74, 6) is 1.88. The van der Waals surface area contributed by atoms with E-state index in [2.05, 4.69) is 4.18 Å². The maximum atomic E-state index is 11.0. The fourth-order valence-electron chi connectivity index (χ4n) is 0.754. The smallest absolute Gasteiger partial charge is 0.320 e. The minimum atomic E-state index is -3.62. The van der Waals surface area contributed by atoms with E-state index in [-0.39, 0.29) is 5.75 Å². The topological polar surface area (TPSA) is 43.4 Å². The van der Waals surface area contributed by atoms with E-state index in [1.165, 1.54) is 0 Å². The van der Waals surface area contributed by atoms with Crippen LogP contribution in [0.4, 0.5) is 0 Å². The molecule has 1 aromatic carbocycles. The molecule has 0 heterocycles. The van der Waals surface area contributed by atoms with Gasteiger partial charge in [-0.3, -0.25) is 0 Å². The lowest BCUT2D eigenvalue weighted by atomic mass is 10.3.